The van der Waals surface area contributed by atoms with Crippen molar-refractivity contribution in [3.8, 4) is 5.88 Å². The first-order valence-corrected chi connectivity index (χ1v) is 7.16. The molecular weight excluding hydrogens is 337 g/mol. The summed E-state index contributed by atoms with van der Waals surface area (Å²) in [7, 11) is 0. The zero-order valence-corrected chi connectivity index (χ0v) is 12.8. The number of primary amides is 1. The molecule has 122 valence electrons. The number of nitrogens with one attached hydrogen (secondary N) is 1. The van der Waals surface area contributed by atoms with E-state index in [4.69, 9.17) is 17.3 Å². The van der Waals surface area contributed by atoms with E-state index in [1.807, 2.05) is 0 Å². The number of halogens is 2. The molecule has 0 atom stereocenters. The maximum Gasteiger partial charge on any atom is 0.326 e. The molecule has 0 aliphatic carbocycles. The van der Waals surface area contributed by atoms with E-state index >= 15 is 0 Å². The predicted molar refractivity (Wildman–Crippen MR) is 87.9 cm³/mol. The number of hydrogen-bond acceptors (Lipinski definition) is 3. The van der Waals surface area contributed by atoms with Crippen LogP contribution in [0.5, 0.6) is 5.88 Å². The SMILES string of the molecule is NC(=O)n1c(O)c(C(=O)Nc2ccccc2)c2cc(F)c(Cl)cc21. The summed E-state index contributed by atoms with van der Waals surface area (Å²) in [4.78, 5) is 24.1. The third-order valence-corrected chi connectivity index (χ3v) is 3.75. The van der Waals surface area contributed by atoms with Crippen LogP contribution in [-0.2, 0) is 0 Å². The van der Waals surface area contributed by atoms with Gasteiger partial charge in [-0.3, -0.25) is 4.79 Å². The Kier molecular flexibility index (Phi) is 3.86. The van der Waals surface area contributed by atoms with Gasteiger partial charge in [0.15, 0.2) is 0 Å². The molecule has 0 aliphatic heterocycles. The van der Waals surface area contributed by atoms with E-state index in [2.05, 4.69) is 5.32 Å². The molecule has 0 saturated carbocycles. The van der Waals surface area contributed by atoms with Crippen LogP contribution in [0.25, 0.3) is 10.9 Å². The molecule has 0 bridgehead atoms. The normalized spacial score (nSPS) is 10.8. The highest BCUT2D eigenvalue weighted by Crippen LogP contribution is 2.34. The van der Waals surface area contributed by atoms with Gasteiger partial charge in [0.1, 0.15) is 11.4 Å². The lowest BCUT2D eigenvalue weighted by molar-refractivity contribution is 0.102. The minimum atomic E-state index is -1.03. The Balaban J connectivity index is 2.20. The van der Waals surface area contributed by atoms with E-state index in [9.17, 15) is 19.1 Å². The molecule has 0 fully saturated rings. The maximum absolute atomic E-state index is 13.8. The van der Waals surface area contributed by atoms with E-state index in [1.165, 1.54) is 0 Å². The predicted octanol–water partition coefficient (Wildman–Crippen LogP) is 3.32. The first kappa shape index (κ1) is 15.8. The molecular formula is C16H11ClFN3O3. The second-order valence-electron chi connectivity index (χ2n) is 4.98. The molecule has 1 heterocycles. The summed E-state index contributed by atoms with van der Waals surface area (Å²) >= 11 is 5.71. The zero-order valence-electron chi connectivity index (χ0n) is 12.1. The molecule has 2 aromatic carbocycles. The molecule has 1 aromatic heterocycles. The molecule has 0 saturated heterocycles. The average Bonchev–Trinajstić information content (AvgIpc) is 2.80. The number of anilines is 1. The molecule has 0 unspecified atom stereocenters. The molecule has 8 heteroatoms. The van der Waals surface area contributed by atoms with Crippen LogP contribution in [0.3, 0.4) is 0 Å². The number of benzene rings is 2. The lowest BCUT2D eigenvalue weighted by atomic mass is 10.1. The van der Waals surface area contributed by atoms with E-state index in [0.717, 1.165) is 12.1 Å². The van der Waals surface area contributed by atoms with Gasteiger partial charge in [0.25, 0.3) is 5.91 Å². The van der Waals surface area contributed by atoms with Crippen molar-refractivity contribution in [3.63, 3.8) is 0 Å². The maximum atomic E-state index is 13.8. The van der Waals surface area contributed by atoms with E-state index < -0.39 is 23.6 Å². The standard InChI is InChI=1S/C16H11ClFN3O3/c17-10-7-12-9(6-11(10)18)13(15(23)21(12)16(19)24)14(22)20-8-4-2-1-3-5-8/h1-7,23H,(H2,19,24)(H,20,22). The van der Waals surface area contributed by atoms with Crippen molar-refractivity contribution in [2.75, 3.05) is 5.32 Å². The van der Waals surface area contributed by atoms with Crippen molar-refractivity contribution in [2.45, 2.75) is 0 Å². The number of fused-ring (bicyclic) bond motifs is 1. The Morgan fingerprint density at radius 1 is 1.21 bits per heavy atom. The summed E-state index contributed by atoms with van der Waals surface area (Å²) in [6.07, 6.45) is 0. The number of para-hydroxylation sites is 1. The summed E-state index contributed by atoms with van der Waals surface area (Å²) in [5.74, 6) is -2.20. The Morgan fingerprint density at radius 3 is 2.50 bits per heavy atom. The van der Waals surface area contributed by atoms with Crippen LogP contribution >= 0.6 is 11.6 Å². The summed E-state index contributed by atoms with van der Waals surface area (Å²) in [6.45, 7) is 0. The van der Waals surface area contributed by atoms with Crippen LogP contribution in [0.2, 0.25) is 5.02 Å². The fourth-order valence-corrected chi connectivity index (χ4v) is 2.59. The minimum absolute atomic E-state index is 0.0154. The number of nitrogens with two attached hydrogens (primary N) is 1. The van der Waals surface area contributed by atoms with Crippen molar-refractivity contribution in [3.05, 3.63) is 58.9 Å². The zero-order chi connectivity index (χ0) is 17.4. The van der Waals surface area contributed by atoms with Crippen LogP contribution < -0.4 is 11.1 Å². The van der Waals surface area contributed by atoms with Crippen LogP contribution in [-0.4, -0.2) is 21.6 Å². The number of nitrogens with zero attached hydrogens (tertiary/aromatic N) is 1. The van der Waals surface area contributed by atoms with Crippen molar-refractivity contribution in [2.24, 2.45) is 5.73 Å². The summed E-state index contributed by atoms with van der Waals surface area (Å²) in [6, 6.07) is 9.53. The smallest absolute Gasteiger partial charge is 0.326 e. The van der Waals surface area contributed by atoms with Crippen LogP contribution in [0.15, 0.2) is 42.5 Å². The number of aromatic nitrogens is 1. The highest BCUT2D eigenvalue weighted by atomic mass is 35.5. The Hall–Kier alpha value is -3.06. The molecule has 24 heavy (non-hydrogen) atoms. The topological polar surface area (TPSA) is 97.3 Å². The Morgan fingerprint density at radius 2 is 1.88 bits per heavy atom. The number of carbonyl (C=O) groups excluding carboxylic acids is 2. The first-order valence-electron chi connectivity index (χ1n) is 6.78. The second-order valence-corrected chi connectivity index (χ2v) is 5.38. The van der Waals surface area contributed by atoms with Crippen LogP contribution in [0.4, 0.5) is 14.9 Å². The van der Waals surface area contributed by atoms with Crippen molar-refractivity contribution >= 4 is 40.1 Å². The number of hydrogen-bond donors (Lipinski definition) is 3. The van der Waals surface area contributed by atoms with Crippen molar-refractivity contribution in [1.29, 1.82) is 0 Å². The quantitative estimate of drug-likeness (QED) is 0.663. The van der Waals surface area contributed by atoms with Gasteiger partial charge in [0.05, 0.1) is 10.5 Å². The van der Waals surface area contributed by atoms with Gasteiger partial charge in [-0.2, -0.15) is 0 Å². The third kappa shape index (κ3) is 2.55. The van der Waals surface area contributed by atoms with Gasteiger partial charge in [-0.15, -0.1) is 0 Å². The van der Waals surface area contributed by atoms with Crippen LogP contribution in [0.1, 0.15) is 10.4 Å². The molecule has 0 aliphatic rings. The van der Waals surface area contributed by atoms with Gasteiger partial charge >= 0.3 is 6.03 Å². The molecule has 0 spiro atoms. The molecule has 6 nitrogen and oxygen atoms in total. The van der Waals surface area contributed by atoms with Gasteiger partial charge in [-0.05, 0) is 24.3 Å². The number of aromatic hydroxyl groups is 1. The largest absolute Gasteiger partial charge is 0.494 e. The highest BCUT2D eigenvalue weighted by molar-refractivity contribution is 6.32. The van der Waals surface area contributed by atoms with Gasteiger partial charge in [-0.25, -0.2) is 13.8 Å². The summed E-state index contributed by atoms with van der Waals surface area (Å²) < 4.78 is 14.5. The number of amides is 2. The highest BCUT2D eigenvalue weighted by Gasteiger charge is 2.26. The molecule has 0 radical (unpaired) electrons. The molecule has 2 amide bonds. The fourth-order valence-electron chi connectivity index (χ4n) is 2.43. The lowest BCUT2D eigenvalue weighted by Gasteiger charge is -2.05. The van der Waals surface area contributed by atoms with Crippen molar-refractivity contribution < 1.29 is 19.1 Å². The van der Waals surface area contributed by atoms with E-state index in [1.54, 1.807) is 30.3 Å². The first-order chi connectivity index (χ1) is 11.4. The van der Waals surface area contributed by atoms with Gasteiger partial charge in [0, 0.05) is 11.1 Å². The van der Waals surface area contributed by atoms with Crippen LogP contribution in [0, 0.1) is 5.82 Å². The Bertz CT molecular complexity index is 970. The Labute approximate surface area is 140 Å². The number of carbonyl (C=O) groups is 2. The van der Waals surface area contributed by atoms with Gasteiger partial charge < -0.3 is 16.2 Å². The van der Waals surface area contributed by atoms with Gasteiger partial charge in [-0.1, -0.05) is 29.8 Å². The lowest BCUT2D eigenvalue weighted by Crippen LogP contribution is -2.19. The van der Waals surface area contributed by atoms with E-state index in [-0.39, 0.29) is 21.5 Å². The minimum Gasteiger partial charge on any atom is -0.494 e. The summed E-state index contributed by atoms with van der Waals surface area (Å²) in [5.41, 5.74) is 5.46. The monoisotopic (exact) mass is 347 g/mol. The molecule has 3 aromatic rings. The number of rotatable bonds is 2. The fraction of sp³-hybridized carbons (Fsp3) is 0. The van der Waals surface area contributed by atoms with Gasteiger partial charge in [0.2, 0.25) is 5.88 Å². The van der Waals surface area contributed by atoms with Crippen molar-refractivity contribution in [1.82, 2.24) is 4.57 Å². The summed E-state index contributed by atoms with van der Waals surface area (Å²) in [5, 5.41) is 12.6. The molecule has 3 rings (SSSR count). The van der Waals surface area contributed by atoms with E-state index in [0.29, 0.717) is 10.3 Å². The average molecular weight is 348 g/mol. The molecule has 4 N–H and O–H groups in total. The second kappa shape index (κ2) is 5.86. The third-order valence-electron chi connectivity index (χ3n) is 3.46.